The van der Waals surface area contributed by atoms with Crippen molar-refractivity contribution >= 4 is 72.6 Å². The number of hydrogen-bond donors (Lipinski definition) is 0. The number of anilines is 2. The molecule has 1 aromatic heterocycles. The Bertz CT molecular complexity index is 1570. The molecule has 1 fully saturated rings. The molecule has 0 saturated carbocycles. The van der Waals surface area contributed by atoms with Gasteiger partial charge in [0.1, 0.15) is 5.54 Å². The Morgan fingerprint density at radius 2 is 1.65 bits per heavy atom. The van der Waals surface area contributed by atoms with Crippen LogP contribution in [0.3, 0.4) is 0 Å². The molecule has 0 N–H and O–H groups in total. The van der Waals surface area contributed by atoms with Crippen LogP contribution >= 0.6 is 39.1 Å². The van der Waals surface area contributed by atoms with Gasteiger partial charge in [-0.3, -0.25) is 14.2 Å². The highest BCUT2D eigenvalue weighted by atomic mass is 79.9. The number of nitrogens with zero attached hydrogens (tertiary/aromatic N) is 5. The van der Waals surface area contributed by atoms with Crippen molar-refractivity contribution in [3.63, 3.8) is 0 Å². The monoisotopic (exact) mass is 667 g/mol. The number of hydrogen-bond acceptors (Lipinski definition) is 5. The fraction of sp³-hybridized carbons (Fsp3) is 0.370. The summed E-state index contributed by atoms with van der Waals surface area (Å²) < 4.78 is 31.8. The lowest BCUT2D eigenvalue weighted by Gasteiger charge is -2.35. The molecule has 1 unspecified atom stereocenters. The number of imidazole rings is 1. The summed E-state index contributed by atoms with van der Waals surface area (Å²) >= 11 is 16.0. The van der Waals surface area contributed by atoms with Crippen molar-refractivity contribution in [1.29, 1.82) is 0 Å². The predicted octanol–water partition coefficient (Wildman–Crippen LogP) is 5.08. The molecule has 9 nitrogen and oxygen atoms in total. The average molecular weight is 669 g/mol. The molecule has 0 aliphatic carbocycles. The summed E-state index contributed by atoms with van der Waals surface area (Å²) in [6.45, 7) is 6.23. The Hall–Kier alpha value is -2.44. The molecule has 1 saturated heterocycles. The lowest BCUT2D eigenvalue weighted by Crippen LogP contribution is -2.52. The second-order valence-electron chi connectivity index (χ2n) is 10.5. The highest BCUT2D eigenvalue weighted by molar-refractivity contribution is 9.10. The third-order valence-electron chi connectivity index (χ3n) is 7.28. The minimum absolute atomic E-state index is 0.00853. The summed E-state index contributed by atoms with van der Waals surface area (Å²) in [6.07, 6.45) is 1.51. The number of carbonyl (C=O) groups is 2. The van der Waals surface area contributed by atoms with Crippen LogP contribution in [-0.4, -0.2) is 65.2 Å². The molecular weight excluding hydrogens is 641 g/mol. The Kier molecular flexibility index (Phi) is 7.82. The van der Waals surface area contributed by atoms with E-state index in [4.69, 9.17) is 23.2 Å². The van der Waals surface area contributed by atoms with Gasteiger partial charge in [-0.25, -0.2) is 18.3 Å². The average Bonchev–Trinajstić information content (AvgIpc) is 3.43. The zero-order valence-electron chi connectivity index (χ0n) is 22.1. The lowest BCUT2D eigenvalue weighted by molar-refractivity contribution is -0.135. The van der Waals surface area contributed by atoms with Gasteiger partial charge in [-0.2, -0.15) is 4.31 Å². The third kappa shape index (κ3) is 5.07. The van der Waals surface area contributed by atoms with E-state index in [-0.39, 0.29) is 48.2 Å². The molecule has 2 aliphatic rings. The maximum Gasteiger partial charge on any atom is 0.260 e. The second-order valence-corrected chi connectivity index (χ2v) is 14.1. The minimum Gasteiger partial charge on any atom is -0.340 e. The fourth-order valence-corrected chi connectivity index (χ4v) is 7.65. The van der Waals surface area contributed by atoms with Crippen LogP contribution in [0.1, 0.15) is 26.3 Å². The van der Waals surface area contributed by atoms with Crippen molar-refractivity contribution in [2.45, 2.75) is 37.8 Å². The maximum atomic E-state index is 14.2. The summed E-state index contributed by atoms with van der Waals surface area (Å²) in [5, 5.41) is 0.572. The first kappa shape index (κ1) is 29.1. The van der Waals surface area contributed by atoms with Gasteiger partial charge in [0.15, 0.2) is 5.03 Å². The molecule has 5 rings (SSSR count). The van der Waals surface area contributed by atoms with Gasteiger partial charge in [0, 0.05) is 53.0 Å². The molecule has 2 amide bonds. The quantitative estimate of drug-likeness (QED) is 0.365. The molecule has 3 aromatic rings. The topological polar surface area (TPSA) is 95.8 Å². The third-order valence-corrected chi connectivity index (χ3v) is 10.1. The number of fused-ring (bicyclic) bond motifs is 1. The van der Waals surface area contributed by atoms with Crippen molar-refractivity contribution in [2.24, 2.45) is 5.92 Å². The largest absolute Gasteiger partial charge is 0.340 e. The van der Waals surface area contributed by atoms with Gasteiger partial charge in [0.05, 0.1) is 11.9 Å². The molecule has 13 heteroatoms. The standard InChI is InChI=1S/C27H28BrCl2N5O4S/c1-17(2)24(36)32-8-10-33(11-9-32)40(38,39)23-16-31-26-34(22-13-20(29)12-21(30)14-22)25(37)27(3,35(23)26)15-18-4-6-19(28)7-5-18/h4-7,12-14,16-17H,8-11,15H2,1-3H3. The highest BCUT2D eigenvalue weighted by Crippen LogP contribution is 2.45. The van der Waals surface area contributed by atoms with Gasteiger partial charge in [-0.15, -0.1) is 0 Å². The molecule has 2 aliphatic heterocycles. The van der Waals surface area contributed by atoms with E-state index in [1.54, 1.807) is 30.0 Å². The first-order chi connectivity index (χ1) is 18.8. The Morgan fingerprint density at radius 3 is 2.23 bits per heavy atom. The Balaban J connectivity index is 1.58. The van der Waals surface area contributed by atoms with Crippen LogP contribution in [0.25, 0.3) is 0 Å². The summed E-state index contributed by atoms with van der Waals surface area (Å²) in [5.74, 6) is -0.376. The van der Waals surface area contributed by atoms with E-state index in [0.29, 0.717) is 28.8 Å². The molecule has 212 valence electrons. The first-order valence-corrected chi connectivity index (χ1v) is 15.7. The molecule has 0 radical (unpaired) electrons. The van der Waals surface area contributed by atoms with Gasteiger partial charge in [0.2, 0.25) is 11.9 Å². The van der Waals surface area contributed by atoms with Gasteiger partial charge < -0.3 is 4.90 Å². The SMILES string of the molecule is CC(C)C(=O)N1CCN(S(=O)(=O)c2cnc3n2C(C)(Cc2ccc(Br)cc2)C(=O)N3c2cc(Cl)cc(Cl)c2)CC1. The van der Waals surface area contributed by atoms with Crippen molar-refractivity contribution in [1.82, 2.24) is 18.8 Å². The summed E-state index contributed by atoms with van der Waals surface area (Å²) in [4.78, 5) is 34.1. The molecule has 40 heavy (non-hydrogen) atoms. The number of carbonyl (C=O) groups excluding carboxylic acids is 2. The van der Waals surface area contributed by atoms with Crippen LogP contribution in [0.5, 0.6) is 0 Å². The molecule has 2 aromatic carbocycles. The van der Waals surface area contributed by atoms with E-state index in [2.05, 4.69) is 20.9 Å². The van der Waals surface area contributed by atoms with E-state index in [9.17, 15) is 18.0 Å². The normalized spacial score (nSPS) is 19.9. The van der Waals surface area contributed by atoms with Gasteiger partial charge >= 0.3 is 0 Å². The molecule has 0 bridgehead atoms. The molecule has 1 atom stereocenters. The van der Waals surface area contributed by atoms with Crippen molar-refractivity contribution < 1.29 is 18.0 Å². The van der Waals surface area contributed by atoms with Crippen LogP contribution in [0, 0.1) is 5.92 Å². The molecular formula is C27H28BrCl2N5O4S. The zero-order valence-corrected chi connectivity index (χ0v) is 26.1. The number of piperazine rings is 1. The highest BCUT2D eigenvalue weighted by Gasteiger charge is 2.52. The van der Waals surface area contributed by atoms with Crippen LogP contribution in [0.15, 0.2) is 58.2 Å². The van der Waals surface area contributed by atoms with Crippen LogP contribution in [0.4, 0.5) is 11.6 Å². The fourth-order valence-electron chi connectivity index (χ4n) is 5.26. The van der Waals surface area contributed by atoms with E-state index >= 15 is 0 Å². The maximum absolute atomic E-state index is 14.2. The van der Waals surface area contributed by atoms with Crippen LogP contribution < -0.4 is 4.90 Å². The Labute approximate surface area is 251 Å². The minimum atomic E-state index is -4.07. The summed E-state index contributed by atoms with van der Waals surface area (Å²) in [5.41, 5.74) is -0.0979. The number of halogens is 3. The van der Waals surface area contributed by atoms with E-state index < -0.39 is 15.6 Å². The van der Waals surface area contributed by atoms with Gasteiger partial charge in [0.25, 0.3) is 15.9 Å². The van der Waals surface area contributed by atoms with Crippen molar-refractivity contribution in [2.75, 3.05) is 31.1 Å². The number of aromatic nitrogens is 2. The number of benzene rings is 2. The predicted molar refractivity (Wildman–Crippen MR) is 158 cm³/mol. The van der Waals surface area contributed by atoms with E-state index in [1.165, 1.54) is 20.0 Å². The lowest BCUT2D eigenvalue weighted by atomic mass is 9.92. The van der Waals surface area contributed by atoms with Crippen molar-refractivity contribution in [3.05, 3.63) is 68.7 Å². The number of rotatable bonds is 6. The molecule has 0 spiro atoms. The first-order valence-electron chi connectivity index (χ1n) is 12.7. The summed E-state index contributed by atoms with van der Waals surface area (Å²) in [7, 11) is -4.07. The zero-order chi connectivity index (χ0) is 29.0. The van der Waals surface area contributed by atoms with Crippen molar-refractivity contribution in [3.8, 4) is 0 Å². The van der Waals surface area contributed by atoms with E-state index in [1.807, 2.05) is 38.1 Å². The van der Waals surface area contributed by atoms with Crippen LogP contribution in [-0.2, 0) is 31.6 Å². The smallest absolute Gasteiger partial charge is 0.260 e. The Morgan fingerprint density at radius 1 is 1.05 bits per heavy atom. The number of sulfonamides is 1. The number of amides is 2. The van der Waals surface area contributed by atoms with Gasteiger partial charge in [-0.1, -0.05) is 65.1 Å². The second kappa shape index (κ2) is 10.8. The summed E-state index contributed by atoms with van der Waals surface area (Å²) in [6, 6.07) is 12.3. The molecule has 3 heterocycles. The van der Waals surface area contributed by atoms with Crippen LogP contribution in [0.2, 0.25) is 10.0 Å². The van der Waals surface area contributed by atoms with Gasteiger partial charge in [-0.05, 0) is 42.8 Å². The van der Waals surface area contributed by atoms with E-state index in [0.717, 1.165) is 10.0 Å².